The molecule has 1 aliphatic rings. The molecule has 0 bridgehead atoms. The van der Waals surface area contributed by atoms with Crippen LogP contribution < -0.4 is 10.6 Å². The highest BCUT2D eigenvalue weighted by atomic mass is 32.1. The second-order valence-electron chi connectivity index (χ2n) is 6.97. The molecule has 1 aliphatic heterocycles. The van der Waals surface area contributed by atoms with Crippen LogP contribution in [0.3, 0.4) is 0 Å². The number of benzene rings is 1. The second-order valence-corrected chi connectivity index (χ2v) is 8.00. The molecule has 1 fully saturated rings. The zero-order valence-electron chi connectivity index (χ0n) is 13.4. The number of nitrogens with zero attached hydrogens (tertiary/aromatic N) is 1. The number of amides is 1. The summed E-state index contributed by atoms with van der Waals surface area (Å²) in [7, 11) is 0. The van der Waals surface area contributed by atoms with E-state index < -0.39 is 0 Å². The van der Waals surface area contributed by atoms with E-state index in [-0.39, 0.29) is 17.2 Å². The molecule has 118 valence electrons. The molecule has 0 saturated carbocycles. The van der Waals surface area contributed by atoms with Crippen molar-refractivity contribution in [1.29, 1.82) is 0 Å². The summed E-state index contributed by atoms with van der Waals surface area (Å²) in [6.07, 6.45) is 1.84. The average Bonchev–Trinajstić information content (AvgIpc) is 2.91. The molecule has 1 saturated heterocycles. The maximum Gasteiger partial charge on any atom is 0.227 e. The third-order valence-electron chi connectivity index (χ3n) is 4.01. The fraction of sp³-hybridized carbons (Fsp3) is 0.529. The highest BCUT2D eigenvalue weighted by Gasteiger charge is 2.22. The Morgan fingerprint density at radius 1 is 1.32 bits per heavy atom. The van der Waals surface area contributed by atoms with Crippen molar-refractivity contribution in [1.82, 2.24) is 10.3 Å². The number of rotatable bonds is 2. The van der Waals surface area contributed by atoms with Gasteiger partial charge in [0.1, 0.15) is 0 Å². The zero-order valence-corrected chi connectivity index (χ0v) is 14.2. The molecule has 3 rings (SSSR count). The molecule has 2 aromatic rings. The number of piperidine rings is 1. The lowest BCUT2D eigenvalue weighted by atomic mass is 9.97. The average molecular weight is 317 g/mol. The summed E-state index contributed by atoms with van der Waals surface area (Å²) < 4.78 is 1.13. The summed E-state index contributed by atoms with van der Waals surface area (Å²) in [4.78, 5) is 17.0. The van der Waals surface area contributed by atoms with Gasteiger partial charge in [-0.1, -0.05) is 20.8 Å². The van der Waals surface area contributed by atoms with Crippen LogP contribution in [-0.4, -0.2) is 24.0 Å². The molecular weight excluding hydrogens is 294 g/mol. The van der Waals surface area contributed by atoms with Gasteiger partial charge in [-0.05, 0) is 44.1 Å². The number of aromatic nitrogens is 1. The largest absolute Gasteiger partial charge is 0.326 e. The van der Waals surface area contributed by atoms with Gasteiger partial charge in [0.2, 0.25) is 5.91 Å². The molecule has 0 unspecified atom stereocenters. The SMILES string of the molecule is CC(C)(C)c1nc2ccc(NC(=O)C3CCNCC3)cc2s1. The molecule has 5 heteroatoms. The van der Waals surface area contributed by atoms with Crippen molar-refractivity contribution in [3.05, 3.63) is 23.2 Å². The van der Waals surface area contributed by atoms with Crippen LogP contribution in [0.2, 0.25) is 0 Å². The van der Waals surface area contributed by atoms with E-state index in [4.69, 9.17) is 4.98 Å². The maximum atomic E-state index is 12.3. The molecule has 0 atom stereocenters. The summed E-state index contributed by atoms with van der Waals surface area (Å²) in [6, 6.07) is 5.99. The van der Waals surface area contributed by atoms with Crippen molar-refractivity contribution in [2.45, 2.75) is 39.0 Å². The van der Waals surface area contributed by atoms with Gasteiger partial charge in [0, 0.05) is 17.0 Å². The van der Waals surface area contributed by atoms with E-state index >= 15 is 0 Å². The fourth-order valence-electron chi connectivity index (χ4n) is 2.65. The molecule has 1 amide bonds. The third kappa shape index (κ3) is 3.31. The summed E-state index contributed by atoms with van der Waals surface area (Å²) in [5.74, 6) is 0.268. The van der Waals surface area contributed by atoms with Crippen molar-refractivity contribution < 1.29 is 4.79 Å². The van der Waals surface area contributed by atoms with Gasteiger partial charge in [-0.2, -0.15) is 0 Å². The minimum Gasteiger partial charge on any atom is -0.326 e. The first-order valence-corrected chi connectivity index (χ1v) is 8.68. The number of thiazole rings is 1. The Morgan fingerprint density at radius 2 is 2.05 bits per heavy atom. The monoisotopic (exact) mass is 317 g/mol. The van der Waals surface area contributed by atoms with Crippen molar-refractivity contribution in [2.24, 2.45) is 5.92 Å². The smallest absolute Gasteiger partial charge is 0.227 e. The Hall–Kier alpha value is -1.46. The first kappa shape index (κ1) is 15.4. The van der Waals surface area contributed by atoms with Crippen LogP contribution in [0.25, 0.3) is 10.2 Å². The molecule has 0 aliphatic carbocycles. The summed E-state index contributed by atoms with van der Waals surface area (Å²) >= 11 is 1.71. The fourth-order valence-corrected chi connectivity index (χ4v) is 3.71. The number of anilines is 1. The number of hydrogen-bond acceptors (Lipinski definition) is 4. The maximum absolute atomic E-state index is 12.3. The van der Waals surface area contributed by atoms with Gasteiger partial charge in [-0.15, -0.1) is 11.3 Å². The molecule has 1 aromatic heterocycles. The summed E-state index contributed by atoms with van der Waals surface area (Å²) in [5, 5.41) is 7.48. The quantitative estimate of drug-likeness (QED) is 0.891. The Balaban J connectivity index is 1.78. The van der Waals surface area contributed by atoms with Gasteiger partial charge in [0.15, 0.2) is 0 Å². The Kier molecular flexibility index (Phi) is 4.19. The lowest BCUT2D eigenvalue weighted by Crippen LogP contribution is -2.34. The van der Waals surface area contributed by atoms with E-state index in [0.717, 1.165) is 46.8 Å². The van der Waals surface area contributed by atoms with Crippen LogP contribution in [0.5, 0.6) is 0 Å². The van der Waals surface area contributed by atoms with Crippen LogP contribution in [0, 0.1) is 5.92 Å². The predicted octanol–water partition coefficient (Wildman–Crippen LogP) is 3.53. The van der Waals surface area contributed by atoms with Crippen LogP contribution in [0.1, 0.15) is 38.6 Å². The van der Waals surface area contributed by atoms with Crippen LogP contribution >= 0.6 is 11.3 Å². The molecule has 0 radical (unpaired) electrons. The third-order valence-corrected chi connectivity index (χ3v) is 5.45. The van der Waals surface area contributed by atoms with Gasteiger partial charge in [-0.25, -0.2) is 4.98 Å². The summed E-state index contributed by atoms with van der Waals surface area (Å²) in [5.41, 5.74) is 1.94. The topological polar surface area (TPSA) is 54.0 Å². The number of fused-ring (bicyclic) bond motifs is 1. The van der Waals surface area contributed by atoms with Crippen molar-refractivity contribution in [2.75, 3.05) is 18.4 Å². The van der Waals surface area contributed by atoms with E-state index in [2.05, 4.69) is 31.4 Å². The number of carbonyl (C=O) groups excluding carboxylic acids is 1. The van der Waals surface area contributed by atoms with Gasteiger partial charge in [0.05, 0.1) is 15.2 Å². The van der Waals surface area contributed by atoms with Crippen molar-refractivity contribution >= 4 is 33.1 Å². The highest BCUT2D eigenvalue weighted by molar-refractivity contribution is 7.18. The first-order chi connectivity index (χ1) is 10.4. The summed E-state index contributed by atoms with van der Waals surface area (Å²) in [6.45, 7) is 8.38. The van der Waals surface area contributed by atoms with E-state index in [0.29, 0.717) is 0 Å². The normalized spacial score (nSPS) is 16.9. The number of carbonyl (C=O) groups is 1. The number of nitrogens with one attached hydrogen (secondary N) is 2. The number of hydrogen-bond donors (Lipinski definition) is 2. The molecule has 1 aromatic carbocycles. The van der Waals surface area contributed by atoms with Crippen molar-refractivity contribution in [3.63, 3.8) is 0 Å². The minimum atomic E-state index is 0.0577. The molecule has 0 spiro atoms. The van der Waals surface area contributed by atoms with Gasteiger partial charge < -0.3 is 10.6 Å². The molecule has 2 heterocycles. The molecule has 2 N–H and O–H groups in total. The Labute approximate surface area is 135 Å². The van der Waals surface area contributed by atoms with E-state index in [1.165, 1.54) is 0 Å². The lowest BCUT2D eigenvalue weighted by Gasteiger charge is -2.21. The predicted molar refractivity (Wildman–Crippen MR) is 92.5 cm³/mol. The van der Waals surface area contributed by atoms with Gasteiger partial charge in [-0.3, -0.25) is 4.79 Å². The van der Waals surface area contributed by atoms with Gasteiger partial charge >= 0.3 is 0 Å². The Bertz CT molecular complexity index is 681. The highest BCUT2D eigenvalue weighted by Crippen LogP contribution is 2.32. The van der Waals surface area contributed by atoms with E-state index in [1.807, 2.05) is 18.2 Å². The van der Waals surface area contributed by atoms with Gasteiger partial charge in [0.25, 0.3) is 0 Å². The molecule has 4 nitrogen and oxygen atoms in total. The minimum absolute atomic E-state index is 0.0577. The Morgan fingerprint density at radius 3 is 2.73 bits per heavy atom. The van der Waals surface area contributed by atoms with Crippen molar-refractivity contribution in [3.8, 4) is 0 Å². The van der Waals surface area contributed by atoms with E-state index in [9.17, 15) is 4.79 Å². The van der Waals surface area contributed by atoms with Crippen LogP contribution in [-0.2, 0) is 10.2 Å². The molecule has 22 heavy (non-hydrogen) atoms. The standard InChI is InChI=1S/C17H23N3OS/c1-17(2,3)16-20-13-5-4-12(10-14(13)22-16)19-15(21)11-6-8-18-9-7-11/h4-5,10-11,18H,6-9H2,1-3H3,(H,19,21). The first-order valence-electron chi connectivity index (χ1n) is 7.86. The second kappa shape index (κ2) is 5.97. The zero-order chi connectivity index (χ0) is 15.7. The van der Waals surface area contributed by atoms with Crippen LogP contribution in [0.15, 0.2) is 18.2 Å². The molecular formula is C17H23N3OS. The van der Waals surface area contributed by atoms with Crippen LogP contribution in [0.4, 0.5) is 5.69 Å². The lowest BCUT2D eigenvalue weighted by molar-refractivity contribution is -0.120. The van der Waals surface area contributed by atoms with E-state index in [1.54, 1.807) is 11.3 Å².